The fourth-order valence-corrected chi connectivity index (χ4v) is 5.07. The lowest BCUT2D eigenvalue weighted by Gasteiger charge is -2.47. The highest BCUT2D eigenvalue weighted by Gasteiger charge is 2.41. The third kappa shape index (κ3) is 3.52. The molecule has 0 radical (unpaired) electrons. The van der Waals surface area contributed by atoms with Gasteiger partial charge in [-0.25, -0.2) is 0 Å². The summed E-state index contributed by atoms with van der Waals surface area (Å²) in [7, 11) is 0. The Morgan fingerprint density at radius 3 is 2.21 bits per heavy atom. The Kier molecular flexibility index (Phi) is 4.94. The second kappa shape index (κ2) is 6.13. The van der Waals surface area contributed by atoms with E-state index in [9.17, 15) is 0 Å². The van der Waals surface area contributed by atoms with Crippen LogP contribution < -0.4 is 11.3 Å². The van der Waals surface area contributed by atoms with Crippen molar-refractivity contribution in [2.45, 2.75) is 78.7 Å². The van der Waals surface area contributed by atoms with Crippen molar-refractivity contribution in [1.82, 2.24) is 5.43 Å². The van der Waals surface area contributed by atoms with Gasteiger partial charge in [-0.1, -0.05) is 40.5 Å². The molecular weight excluding hydrogens is 232 g/mol. The van der Waals surface area contributed by atoms with Crippen LogP contribution in [0, 0.1) is 29.1 Å². The molecule has 4 unspecified atom stereocenters. The summed E-state index contributed by atoms with van der Waals surface area (Å²) in [6.45, 7) is 9.75. The third-order valence-electron chi connectivity index (χ3n) is 5.94. The van der Waals surface area contributed by atoms with Gasteiger partial charge in [-0.05, 0) is 61.2 Å². The summed E-state index contributed by atoms with van der Waals surface area (Å²) < 4.78 is 0. The second-order valence-corrected chi connectivity index (χ2v) is 8.21. The van der Waals surface area contributed by atoms with Crippen LogP contribution in [0.3, 0.4) is 0 Å². The molecule has 2 aliphatic carbocycles. The van der Waals surface area contributed by atoms with Gasteiger partial charge in [-0.2, -0.15) is 0 Å². The first-order chi connectivity index (χ1) is 8.94. The average molecular weight is 266 g/mol. The molecule has 0 saturated heterocycles. The molecule has 2 nitrogen and oxygen atoms in total. The number of rotatable bonds is 3. The van der Waals surface area contributed by atoms with Crippen LogP contribution in [0.1, 0.15) is 72.6 Å². The molecule has 0 heterocycles. The molecular formula is C17H34N2. The molecule has 19 heavy (non-hydrogen) atoms. The molecule has 2 heteroatoms. The molecule has 2 saturated carbocycles. The van der Waals surface area contributed by atoms with Crippen LogP contribution in [0.15, 0.2) is 0 Å². The molecule has 0 aromatic carbocycles. The van der Waals surface area contributed by atoms with Gasteiger partial charge in [0.15, 0.2) is 0 Å². The van der Waals surface area contributed by atoms with E-state index in [-0.39, 0.29) is 0 Å². The number of nitrogens with one attached hydrogen (secondary N) is 1. The Labute approximate surface area is 119 Å². The molecule has 0 spiro atoms. The van der Waals surface area contributed by atoms with Crippen molar-refractivity contribution in [3.8, 4) is 0 Å². The number of hydrazine groups is 1. The summed E-state index contributed by atoms with van der Waals surface area (Å²) in [4.78, 5) is 0. The fourth-order valence-electron chi connectivity index (χ4n) is 5.07. The van der Waals surface area contributed by atoms with Gasteiger partial charge in [0.25, 0.3) is 0 Å². The Morgan fingerprint density at radius 1 is 1.05 bits per heavy atom. The minimum Gasteiger partial charge on any atom is -0.271 e. The quantitative estimate of drug-likeness (QED) is 0.596. The summed E-state index contributed by atoms with van der Waals surface area (Å²) in [5, 5.41) is 0. The van der Waals surface area contributed by atoms with E-state index < -0.39 is 0 Å². The number of hydrogen-bond acceptors (Lipinski definition) is 2. The van der Waals surface area contributed by atoms with Crippen LogP contribution in [-0.2, 0) is 0 Å². The van der Waals surface area contributed by atoms with Gasteiger partial charge in [-0.3, -0.25) is 11.3 Å². The Bertz CT molecular complexity index is 277. The normalized spacial score (nSPS) is 40.9. The fraction of sp³-hybridized carbons (Fsp3) is 1.00. The predicted octanol–water partition coefficient (Wildman–Crippen LogP) is 4.11. The minimum absolute atomic E-state index is 0.458. The van der Waals surface area contributed by atoms with Gasteiger partial charge in [0.05, 0.1) is 0 Å². The smallest absolute Gasteiger partial charge is 0.0272 e. The number of hydrogen-bond donors (Lipinski definition) is 2. The first-order valence-electron chi connectivity index (χ1n) is 8.40. The topological polar surface area (TPSA) is 38.0 Å². The summed E-state index contributed by atoms with van der Waals surface area (Å²) in [6, 6.07) is 0.528. The van der Waals surface area contributed by atoms with E-state index in [0.717, 1.165) is 23.7 Å². The zero-order chi connectivity index (χ0) is 14.0. The Morgan fingerprint density at radius 2 is 1.68 bits per heavy atom. The molecule has 2 rings (SSSR count). The molecule has 112 valence electrons. The van der Waals surface area contributed by atoms with Crippen LogP contribution in [0.5, 0.6) is 0 Å². The van der Waals surface area contributed by atoms with Crippen LogP contribution >= 0.6 is 0 Å². The van der Waals surface area contributed by atoms with Crippen molar-refractivity contribution in [2.24, 2.45) is 34.9 Å². The van der Waals surface area contributed by atoms with Crippen molar-refractivity contribution < 1.29 is 0 Å². The van der Waals surface area contributed by atoms with Gasteiger partial charge in [-0.15, -0.1) is 0 Å². The zero-order valence-corrected chi connectivity index (χ0v) is 13.4. The van der Waals surface area contributed by atoms with E-state index >= 15 is 0 Å². The van der Waals surface area contributed by atoms with E-state index in [1.165, 1.54) is 44.9 Å². The van der Waals surface area contributed by atoms with Gasteiger partial charge < -0.3 is 0 Å². The minimum atomic E-state index is 0.458. The Hall–Kier alpha value is -0.0800. The highest BCUT2D eigenvalue weighted by Crippen LogP contribution is 2.46. The first-order valence-corrected chi connectivity index (χ1v) is 8.40. The predicted molar refractivity (Wildman–Crippen MR) is 82.5 cm³/mol. The third-order valence-corrected chi connectivity index (χ3v) is 5.94. The van der Waals surface area contributed by atoms with Gasteiger partial charge >= 0.3 is 0 Å². The van der Waals surface area contributed by atoms with Gasteiger partial charge in [0.2, 0.25) is 0 Å². The highest BCUT2D eigenvalue weighted by molar-refractivity contribution is 4.94. The van der Waals surface area contributed by atoms with Crippen molar-refractivity contribution >= 4 is 0 Å². The van der Waals surface area contributed by atoms with Crippen LogP contribution in [0.25, 0.3) is 0 Å². The lowest BCUT2D eigenvalue weighted by molar-refractivity contribution is 0.0479. The highest BCUT2D eigenvalue weighted by atomic mass is 15.2. The maximum Gasteiger partial charge on any atom is 0.0272 e. The van der Waals surface area contributed by atoms with E-state index in [1.807, 2.05) is 0 Å². The summed E-state index contributed by atoms with van der Waals surface area (Å²) in [6.07, 6.45) is 9.66. The van der Waals surface area contributed by atoms with Crippen LogP contribution in [0.4, 0.5) is 0 Å². The number of nitrogens with two attached hydrogens (primary N) is 1. The molecule has 0 aromatic heterocycles. The Balaban J connectivity index is 2.09. The van der Waals surface area contributed by atoms with E-state index in [0.29, 0.717) is 11.5 Å². The van der Waals surface area contributed by atoms with E-state index in [1.54, 1.807) is 0 Å². The largest absolute Gasteiger partial charge is 0.271 e. The molecule has 4 atom stereocenters. The maximum absolute atomic E-state index is 6.00. The first kappa shape index (κ1) is 15.3. The average Bonchev–Trinajstić information content (AvgIpc) is 2.30. The van der Waals surface area contributed by atoms with Crippen molar-refractivity contribution in [1.29, 1.82) is 0 Å². The standard InChI is InChI=1S/C17H34N2/c1-12-9-13(2)11-14(10-12)16(19-18)15-7-5-6-8-17(15,3)4/h12-16,19H,5-11,18H2,1-4H3. The summed E-state index contributed by atoms with van der Waals surface area (Å²) >= 11 is 0. The second-order valence-electron chi connectivity index (χ2n) is 8.21. The molecule has 3 N–H and O–H groups in total. The van der Waals surface area contributed by atoms with Crippen LogP contribution in [0.2, 0.25) is 0 Å². The molecule has 0 amide bonds. The van der Waals surface area contributed by atoms with Gasteiger partial charge in [0.1, 0.15) is 0 Å². The summed E-state index contributed by atoms with van der Waals surface area (Å²) in [5.41, 5.74) is 3.70. The van der Waals surface area contributed by atoms with Crippen LogP contribution in [-0.4, -0.2) is 6.04 Å². The van der Waals surface area contributed by atoms with E-state index in [4.69, 9.17) is 5.84 Å². The van der Waals surface area contributed by atoms with Crippen molar-refractivity contribution in [2.75, 3.05) is 0 Å². The lowest BCUT2D eigenvalue weighted by atomic mass is 9.61. The van der Waals surface area contributed by atoms with Crippen molar-refractivity contribution in [3.63, 3.8) is 0 Å². The SMILES string of the molecule is CC1CC(C)CC(C(NN)C2CCCCC2(C)C)C1. The van der Waals surface area contributed by atoms with Crippen molar-refractivity contribution in [3.05, 3.63) is 0 Å². The molecule has 2 fully saturated rings. The van der Waals surface area contributed by atoms with E-state index in [2.05, 4.69) is 33.1 Å². The molecule has 0 aliphatic heterocycles. The monoisotopic (exact) mass is 266 g/mol. The zero-order valence-electron chi connectivity index (χ0n) is 13.4. The summed E-state index contributed by atoms with van der Waals surface area (Å²) in [5.74, 6) is 9.28. The molecule has 0 bridgehead atoms. The molecule has 0 aromatic rings. The van der Waals surface area contributed by atoms with Gasteiger partial charge in [0, 0.05) is 6.04 Å². The maximum atomic E-state index is 6.00. The lowest BCUT2D eigenvalue weighted by Crippen LogP contribution is -2.52. The molecule has 2 aliphatic rings.